The second-order valence-electron chi connectivity index (χ2n) is 10.2. The largest absolute Gasteiger partial charge is 0.309 e. The molecule has 1 N–H and O–H groups in total. The predicted molar refractivity (Wildman–Crippen MR) is 119 cm³/mol. The molecular formula is C23H21BrF4N6O. The Bertz CT molecular complexity index is 1300. The highest BCUT2D eigenvalue weighted by molar-refractivity contribution is 9.10. The summed E-state index contributed by atoms with van der Waals surface area (Å²) in [4.78, 5) is 17.8. The molecule has 3 aromatic rings. The van der Waals surface area contributed by atoms with Gasteiger partial charge in [-0.25, -0.2) is 27.2 Å². The average molecular weight is 553 g/mol. The zero-order valence-electron chi connectivity index (χ0n) is 18.4. The third kappa shape index (κ3) is 3.68. The Hall–Kier alpha value is -2.76. The van der Waals surface area contributed by atoms with E-state index >= 15 is 0 Å². The van der Waals surface area contributed by atoms with Crippen molar-refractivity contribution < 1.29 is 22.4 Å². The van der Waals surface area contributed by atoms with Gasteiger partial charge in [-0.3, -0.25) is 9.48 Å². The molecule has 2 heterocycles. The maximum absolute atomic E-state index is 14.0. The molecule has 4 saturated carbocycles. The number of nitrogens with one attached hydrogen (secondary N) is 1. The average Bonchev–Trinajstić information content (AvgIpc) is 3.43. The van der Waals surface area contributed by atoms with Crippen LogP contribution in [0.4, 0.5) is 23.4 Å². The van der Waals surface area contributed by atoms with E-state index in [2.05, 4.69) is 36.4 Å². The highest BCUT2D eigenvalue weighted by atomic mass is 79.9. The van der Waals surface area contributed by atoms with Gasteiger partial charge in [-0.05, 0) is 66.3 Å². The minimum absolute atomic E-state index is 0.144. The van der Waals surface area contributed by atoms with Crippen LogP contribution in [0.3, 0.4) is 0 Å². The van der Waals surface area contributed by atoms with Crippen LogP contribution < -0.4 is 5.32 Å². The van der Waals surface area contributed by atoms with Crippen molar-refractivity contribution in [3.63, 3.8) is 0 Å². The predicted octanol–water partition coefficient (Wildman–Crippen LogP) is 4.78. The molecule has 12 heteroatoms. The molecule has 0 radical (unpaired) electrons. The van der Waals surface area contributed by atoms with Gasteiger partial charge in [0.25, 0.3) is 0 Å². The highest BCUT2D eigenvalue weighted by Crippen LogP contribution is 2.64. The highest BCUT2D eigenvalue weighted by Gasteiger charge is 2.61. The number of hydrogen-bond acceptors (Lipinski definition) is 4. The molecule has 2 atom stereocenters. The van der Waals surface area contributed by atoms with Crippen LogP contribution in [0.1, 0.15) is 44.1 Å². The number of rotatable bonds is 5. The van der Waals surface area contributed by atoms with Crippen LogP contribution >= 0.6 is 15.9 Å². The van der Waals surface area contributed by atoms with Crippen LogP contribution in [0.15, 0.2) is 29.4 Å². The van der Waals surface area contributed by atoms with E-state index in [1.165, 1.54) is 12.3 Å². The van der Waals surface area contributed by atoms with E-state index in [4.69, 9.17) is 0 Å². The van der Waals surface area contributed by atoms with Crippen LogP contribution in [0.5, 0.6) is 0 Å². The Balaban J connectivity index is 1.23. The molecule has 1 amide bonds. The summed E-state index contributed by atoms with van der Waals surface area (Å²) in [5, 5.41) is 11.5. The summed E-state index contributed by atoms with van der Waals surface area (Å²) in [6.07, 6.45) is 8.36. The monoisotopic (exact) mass is 552 g/mol. The van der Waals surface area contributed by atoms with Gasteiger partial charge < -0.3 is 5.32 Å². The lowest BCUT2D eigenvalue weighted by Gasteiger charge is -2.60. The van der Waals surface area contributed by atoms with E-state index in [1.54, 1.807) is 6.33 Å². The van der Waals surface area contributed by atoms with Crippen molar-refractivity contribution in [1.29, 1.82) is 0 Å². The lowest BCUT2D eigenvalue weighted by molar-refractivity contribution is -0.150. The van der Waals surface area contributed by atoms with Gasteiger partial charge in [0.15, 0.2) is 29.1 Å². The van der Waals surface area contributed by atoms with Crippen LogP contribution in [0.2, 0.25) is 0 Å². The molecule has 7 nitrogen and oxygen atoms in total. The van der Waals surface area contributed by atoms with Gasteiger partial charge in [-0.15, -0.1) is 5.10 Å². The first-order valence-electron chi connectivity index (χ1n) is 11.4. The maximum atomic E-state index is 14.0. The van der Waals surface area contributed by atoms with Crippen molar-refractivity contribution in [1.82, 2.24) is 24.5 Å². The lowest BCUT2D eigenvalue weighted by Crippen LogP contribution is -2.60. The molecule has 0 saturated heterocycles. The number of anilines is 1. The summed E-state index contributed by atoms with van der Waals surface area (Å²) >= 11 is 3.32. The summed E-state index contributed by atoms with van der Waals surface area (Å²) in [6, 6.07) is 1.66. The molecule has 4 fully saturated rings. The van der Waals surface area contributed by atoms with E-state index in [1.807, 2.05) is 4.68 Å². The number of nitrogens with zero attached hydrogens (tertiary/aromatic N) is 5. The van der Waals surface area contributed by atoms with Crippen molar-refractivity contribution in [2.24, 2.45) is 17.3 Å². The van der Waals surface area contributed by atoms with E-state index < -0.39 is 40.8 Å². The topological polar surface area (TPSA) is 77.6 Å². The van der Waals surface area contributed by atoms with Crippen LogP contribution in [-0.4, -0.2) is 30.5 Å². The number of amides is 1. The molecule has 35 heavy (non-hydrogen) atoms. The zero-order chi connectivity index (χ0) is 24.5. The first-order valence-corrected chi connectivity index (χ1v) is 12.2. The minimum atomic E-state index is -1.48. The molecule has 4 aliphatic rings. The molecule has 7 rings (SSSR count). The molecule has 1 aromatic carbocycles. The SMILES string of the molecule is O=C(Nc1ccn(Cc2c(F)c(F)cc(F)c2F)n1)C12CC3CC(C1)CC(n1cnc(Br)n1)(C3)C2. The number of carbonyl (C=O) groups is 1. The quantitative estimate of drug-likeness (QED) is 0.365. The smallest absolute Gasteiger partial charge is 0.231 e. The minimum Gasteiger partial charge on any atom is -0.309 e. The fourth-order valence-corrected chi connectivity index (χ4v) is 7.17. The van der Waals surface area contributed by atoms with Gasteiger partial charge in [0.1, 0.15) is 6.33 Å². The summed E-state index contributed by atoms with van der Waals surface area (Å²) in [5.41, 5.74) is -1.60. The van der Waals surface area contributed by atoms with Gasteiger partial charge in [-0.2, -0.15) is 5.10 Å². The van der Waals surface area contributed by atoms with Gasteiger partial charge in [0.2, 0.25) is 10.6 Å². The number of halogens is 5. The molecule has 0 spiro atoms. The Morgan fingerprint density at radius 3 is 2.40 bits per heavy atom. The summed E-state index contributed by atoms with van der Waals surface area (Å²) < 4.78 is 58.7. The van der Waals surface area contributed by atoms with Crippen molar-refractivity contribution in [3.05, 3.63) is 58.2 Å². The van der Waals surface area contributed by atoms with Crippen LogP contribution in [0.25, 0.3) is 0 Å². The summed E-state index contributed by atoms with van der Waals surface area (Å²) in [6.45, 7) is -0.526. The van der Waals surface area contributed by atoms with Gasteiger partial charge in [-0.1, -0.05) is 0 Å². The maximum Gasteiger partial charge on any atom is 0.231 e. The van der Waals surface area contributed by atoms with Crippen LogP contribution in [-0.2, 0) is 16.9 Å². The van der Waals surface area contributed by atoms with Crippen LogP contribution in [0, 0.1) is 40.5 Å². The van der Waals surface area contributed by atoms with E-state index in [0.717, 1.165) is 36.8 Å². The zero-order valence-corrected chi connectivity index (χ0v) is 20.0. The molecule has 4 bridgehead atoms. The molecule has 4 aliphatic carbocycles. The third-order valence-electron chi connectivity index (χ3n) is 7.87. The number of aromatic nitrogens is 5. The van der Waals surface area contributed by atoms with Crippen molar-refractivity contribution in [2.45, 2.75) is 50.6 Å². The van der Waals surface area contributed by atoms with Gasteiger partial charge >= 0.3 is 0 Å². The lowest BCUT2D eigenvalue weighted by atomic mass is 9.46. The van der Waals surface area contributed by atoms with E-state index in [0.29, 0.717) is 23.0 Å². The standard InChI is InChI=1S/C23H21BrF4N6O/c24-21-29-11-34(32-21)23-7-12-3-13(8-23)6-22(5-12,10-23)20(35)30-17-1-2-33(31-17)9-14-18(27)15(25)4-16(26)19(14)28/h1-2,4,11-13H,3,5-10H2,(H,30,31,35). The molecule has 2 unspecified atom stereocenters. The number of benzene rings is 1. The van der Waals surface area contributed by atoms with Crippen molar-refractivity contribution in [3.8, 4) is 0 Å². The number of carbonyl (C=O) groups excluding carboxylic acids is 1. The molecule has 0 aliphatic heterocycles. The summed E-state index contributed by atoms with van der Waals surface area (Å²) in [7, 11) is 0. The summed E-state index contributed by atoms with van der Waals surface area (Å²) in [5.74, 6) is -5.00. The molecule has 184 valence electrons. The first kappa shape index (κ1) is 22.7. The Morgan fingerprint density at radius 1 is 1.09 bits per heavy atom. The number of hydrogen-bond donors (Lipinski definition) is 1. The Morgan fingerprint density at radius 2 is 1.77 bits per heavy atom. The third-order valence-corrected chi connectivity index (χ3v) is 8.23. The second kappa shape index (κ2) is 7.87. The molecule has 2 aromatic heterocycles. The van der Waals surface area contributed by atoms with Gasteiger partial charge in [0.05, 0.1) is 23.1 Å². The first-order chi connectivity index (χ1) is 16.7. The second-order valence-corrected chi connectivity index (χ2v) is 10.9. The van der Waals surface area contributed by atoms with E-state index in [9.17, 15) is 22.4 Å². The Kier molecular flexibility index (Phi) is 5.10. The Labute approximate surface area is 206 Å². The normalized spacial score (nSPS) is 29.1. The fourth-order valence-electron chi connectivity index (χ4n) is 6.91. The fraction of sp³-hybridized carbons (Fsp3) is 0.478. The van der Waals surface area contributed by atoms with E-state index in [-0.39, 0.29) is 23.3 Å². The van der Waals surface area contributed by atoms with Crippen molar-refractivity contribution >= 4 is 27.7 Å². The van der Waals surface area contributed by atoms with Gasteiger partial charge in [0, 0.05) is 18.3 Å². The van der Waals surface area contributed by atoms with Crippen molar-refractivity contribution in [2.75, 3.05) is 5.32 Å². The molecular weight excluding hydrogens is 532 g/mol.